The number of nitrogens with zero attached hydrogens (tertiary/aromatic N) is 2. The number of fused-ring (bicyclic) bond motifs is 1. The Kier molecular flexibility index (Phi) is 3.40. The van der Waals surface area contributed by atoms with Crippen LogP contribution in [0.3, 0.4) is 0 Å². The average molecular weight is 283 g/mol. The molecule has 0 spiro atoms. The summed E-state index contributed by atoms with van der Waals surface area (Å²) in [5, 5.41) is 2.76. The van der Waals surface area contributed by atoms with E-state index in [1.165, 1.54) is 22.7 Å². The third-order valence-corrected chi connectivity index (χ3v) is 4.88. The second-order valence-corrected chi connectivity index (χ2v) is 6.44. The summed E-state index contributed by atoms with van der Waals surface area (Å²) in [6.07, 6.45) is 1.22. The Morgan fingerprint density at radius 1 is 1.21 bits per heavy atom. The highest BCUT2D eigenvalue weighted by atomic mass is 32.2. The summed E-state index contributed by atoms with van der Waals surface area (Å²) >= 11 is 0. The highest BCUT2D eigenvalue weighted by Crippen LogP contribution is 2.40. The fourth-order valence-electron chi connectivity index (χ4n) is 2.00. The molecule has 1 N–H and O–H groups in total. The van der Waals surface area contributed by atoms with Crippen LogP contribution in [-0.4, -0.2) is 28.4 Å². The predicted octanol–water partition coefficient (Wildman–Crippen LogP) is 1.56. The molecule has 0 atom stereocenters. The molecular formula is C12H17N3O3S. The largest absolute Gasteiger partial charge is 0.326 e. The second-order valence-electron chi connectivity index (χ2n) is 4.44. The molecule has 6 nitrogen and oxygen atoms in total. The highest BCUT2D eigenvalue weighted by molar-refractivity contribution is 7.94. The minimum Gasteiger partial charge on any atom is -0.326 e. The summed E-state index contributed by atoms with van der Waals surface area (Å²) in [6, 6.07) is 5.07. The minimum absolute atomic E-state index is 0.0701. The summed E-state index contributed by atoms with van der Waals surface area (Å²) in [5.74, 6) is -0.0701. The van der Waals surface area contributed by atoms with Crippen LogP contribution in [0.25, 0.3) is 0 Å². The Morgan fingerprint density at radius 3 is 2.47 bits per heavy atom. The van der Waals surface area contributed by atoms with Crippen LogP contribution in [0.2, 0.25) is 0 Å². The van der Waals surface area contributed by atoms with Gasteiger partial charge in [0.15, 0.2) is 0 Å². The maximum atomic E-state index is 12.0. The SMILES string of the molecule is CCCC(=O)Nc1ccc2c(c1)N(C)S(=O)(=O)N2C. The third-order valence-electron chi connectivity index (χ3n) is 3.11. The topological polar surface area (TPSA) is 69.7 Å². The Labute approximate surface area is 113 Å². The summed E-state index contributed by atoms with van der Waals surface area (Å²) in [5.41, 5.74) is 1.78. The summed E-state index contributed by atoms with van der Waals surface area (Å²) in [4.78, 5) is 11.5. The predicted molar refractivity (Wildman–Crippen MR) is 75.7 cm³/mol. The van der Waals surface area contributed by atoms with Crippen molar-refractivity contribution in [2.75, 3.05) is 28.0 Å². The number of nitrogens with one attached hydrogen (secondary N) is 1. The zero-order valence-corrected chi connectivity index (χ0v) is 12.0. The first-order chi connectivity index (χ1) is 8.87. The number of carbonyl (C=O) groups is 1. The Morgan fingerprint density at radius 2 is 1.84 bits per heavy atom. The van der Waals surface area contributed by atoms with Crippen molar-refractivity contribution in [1.82, 2.24) is 0 Å². The molecule has 0 unspecified atom stereocenters. The van der Waals surface area contributed by atoms with Gasteiger partial charge in [0.25, 0.3) is 0 Å². The summed E-state index contributed by atoms with van der Waals surface area (Å²) < 4.78 is 26.3. The van der Waals surface area contributed by atoms with E-state index in [0.29, 0.717) is 23.5 Å². The van der Waals surface area contributed by atoms with E-state index in [1.54, 1.807) is 18.2 Å². The average Bonchev–Trinajstić information content (AvgIpc) is 2.52. The first-order valence-corrected chi connectivity index (χ1v) is 7.44. The van der Waals surface area contributed by atoms with Gasteiger partial charge in [0, 0.05) is 26.2 Å². The molecule has 1 aromatic rings. The van der Waals surface area contributed by atoms with Crippen molar-refractivity contribution in [2.45, 2.75) is 19.8 Å². The summed E-state index contributed by atoms with van der Waals surface area (Å²) in [7, 11) is -0.462. The number of rotatable bonds is 3. The van der Waals surface area contributed by atoms with Crippen molar-refractivity contribution in [3.63, 3.8) is 0 Å². The Balaban J connectivity index is 2.32. The lowest BCUT2D eigenvalue weighted by Crippen LogP contribution is -2.32. The lowest BCUT2D eigenvalue weighted by atomic mass is 10.2. The van der Waals surface area contributed by atoms with Crippen LogP contribution in [0.1, 0.15) is 19.8 Å². The van der Waals surface area contributed by atoms with Gasteiger partial charge in [-0.2, -0.15) is 8.42 Å². The fraction of sp³-hybridized carbons (Fsp3) is 0.417. The first kappa shape index (κ1) is 13.7. The quantitative estimate of drug-likeness (QED) is 0.915. The van der Waals surface area contributed by atoms with E-state index < -0.39 is 10.2 Å². The van der Waals surface area contributed by atoms with Gasteiger partial charge in [-0.15, -0.1) is 0 Å². The van der Waals surface area contributed by atoms with Gasteiger partial charge >= 0.3 is 10.2 Å². The molecule has 0 fully saturated rings. The highest BCUT2D eigenvalue weighted by Gasteiger charge is 2.35. The lowest BCUT2D eigenvalue weighted by molar-refractivity contribution is -0.116. The van der Waals surface area contributed by atoms with Crippen molar-refractivity contribution >= 4 is 33.2 Å². The van der Waals surface area contributed by atoms with Crippen LogP contribution in [0.15, 0.2) is 18.2 Å². The fourth-order valence-corrected chi connectivity index (χ4v) is 3.17. The van der Waals surface area contributed by atoms with Gasteiger partial charge in [-0.1, -0.05) is 6.92 Å². The van der Waals surface area contributed by atoms with Crippen molar-refractivity contribution in [2.24, 2.45) is 0 Å². The molecule has 0 radical (unpaired) electrons. The molecule has 0 bridgehead atoms. The van der Waals surface area contributed by atoms with E-state index in [2.05, 4.69) is 5.32 Å². The zero-order chi connectivity index (χ0) is 14.2. The number of anilines is 3. The van der Waals surface area contributed by atoms with Gasteiger partial charge in [-0.05, 0) is 24.6 Å². The Hall–Kier alpha value is -1.76. The molecule has 1 aromatic carbocycles. The van der Waals surface area contributed by atoms with Crippen LogP contribution >= 0.6 is 0 Å². The summed E-state index contributed by atoms with van der Waals surface area (Å²) in [6.45, 7) is 1.93. The van der Waals surface area contributed by atoms with Crippen molar-refractivity contribution in [3.05, 3.63) is 18.2 Å². The van der Waals surface area contributed by atoms with E-state index in [-0.39, 0.29) is 5.91 Å². The van der Waals surface area contributed by atoms with E-state index in [9.17, 15) is 13.2 Å². The lowest BCUT2D eigenvalue weighted by Gasteiger charge is -2.13. The number of carbonyl (C=O) groups excluding carboxylic acids is 1. The number of hydrogen-bond donors (Lipinski definition) is 1. The number of amides is 1. The molecule has 1 amide bonds. The van der Waals surface area contributed by atoms with Gasteiger partial charge in [-0.25, -0.2) is 0 Å². The molecule has 0 aliphatic carbocycles. The maximum Gasteiger partial charge on any atom is 0.326 e. The molecule has 1 aliphatic heterocycles. The molecule has 0 saturated heterocycles. The Bertz CT molecular complexity index is 613. The van der Waals surface area contributed by atoms with E-state index in [1.807, 2.05) is 6.92 Å². The second kappa shape index (κ2) is 4.73. The molecule has 0 saturated carbocycles. The molecule has 104 valence electrons. The normalized spacial score (nSPS) is 16.4. The minimum atomic E-state index is -3.46. The molecule has 0 aromatic heterocycles. The smallest absolute Gasteiger partial charge is 0.326 e. The van der Waals surface area contributed by atoms with E-state index in [0.717, 1.165) is 6.42 Å². The maximum absolute atomic E-state index is 12.0. The van der Waals surface area contributed by atoms with Crippen molar-refractivity contribution in [3.8, 4) is 0 Å². The standard InChI is InChI=1S/C12H17N3O3S/c1-4-5-12(16)13-9-6-7-10-11(8-9)15(3)19(17,18)14(10)2/h6-8H,4-5H2,1-3H3,(H,13,16). The molecule has 2 rings (SSSR count). The number of hydrogen-bond acceptors (Lipinski definition) is 3. The van der Waals surface area contributed by atoms with Crippen molar-refractivity contribution < 1.29 is 13.2 Å². The van der Waals surface area contributed by atoms with Gasteiger partial charge in [0.1, 0.15) is 0 Å². The zero-order valence-electron chi connectivity index (χ0n) is 11.2. The van der Waals surface area contributed by atoms with Gasteiger partial charge in [0.05, 0.1) is 11.4 Å². The van der Waals surface area contributed by atoms with Gasteiger partial charge < -0.3 is 5.32 Å². The monoisotopic (exact) mass is 283 g/mol. The van der Waals surface area contributed by atoms with E-state index in [4.69, 9.17) is 0 Å². The van der Waals surface area contributed by atoms with Crippen LogP contribution in [0.5, 0.6) is 0 Å². The molecular weight excluding hydrogens is 266 g/mol. The number of benzene rings is 1. The molecule has 7 heteroatoms. The van der Waals surface area contributed by atoms with Crippen molar-refractivity contribution in [1.29, 1.82) is 0 Å². The first-order valence-electron chi connectivity index (χ1n) is 6.04. The molecule has 1 heterocycles. The van der Waals surface area contributed by atoms with Crippen LogP contribution in [-0.2, 0) is 15.0 Å². The van der Waals surface area contributed by atoms with Crippen LogP contribution in [0.4, 0.5) is 17.1 Å². The molecule has 1 aliphatic rings. The van der Waals surface area contributed by atoms with Crippen LogP contribution < -0.4 is 13.9 Å². The van der Waals surface area contributed by atoms with Gasteiger partial charge in [0.2, 0.25) is 5.91 Å². The van der Waals surface area contributed by atoms with Gasteiger partial charge in [-0.3, -0.25) is 13.4 Å². The third kappa shape index (κ3) is 2.25. The molecule has 19 heavy (non-hydrogen) atoms. The van der Waals surface area contributed by atoms with Crippen LogP contribution in [0, 0.1) is 0 Å². The van der Waals surface area contributed by atoms with E-state index >= 15 is 0 Å².